The van der Waals surface area contributed by atoms with Crippen LogP contribution in [-0.4, -0.2) is 49.3 Å². The Morgan fingerprint density at radius 3 is 2.75 bits per heavy atom. The van der Waals surface area contributed by atoms with Crippen molar-refractivity contribution in [2.24, 2.45) is 5.73 Å². The first-order valence-corrected chi connectivity index (χ1v) is 7.69. The van der Waals surface area contributed by atoms with Gasteiger partial charge in [0.25, 0.3) is 0 Å². The van der Waals surface area contributed by atoms with E-state index in [0.29, 0.717) is 0 Å². The summed E-state index contributed by atoms with van der Waals surface area (Å²) in [5, 5.41) is 9.07. The lowest BCUT2D eigenvalue weighted by Gasteiger charge is -2.27. The molecular formula is C16H27N3O. The van der Waals surface area contributed by atoms with Gasteiger partial charge in [-0.3, -0.25) is 4.90 Å². The first-order valence-electron chi connectivity index (χ1n) is 7.69. The van der Waals surface area contributed by atoms with Gasteiger partial charge >= 0.3 is 0 Å². The van der Waals surface area contributed by atoms with Crippen LogP contribution in [0.5, 0.6) is 0 Å². The van der Waals surface area contributed by atoms with Gasteiger partial charge in [0.05, 0.1) is 6.61 Å². The maximum atomic E-state index is 9.07. The molecule has 1 atom stereocenters. The zero-order chi connectivity index (χ0) is 14.4. The predicted molar refractivity (Wildman–Crippen MR) is 84.0 cm³/mol. The van der Waals surface area contributed by atoms with E-state index in [1.165, 1.54) is 11.3 Å². The Morgan fingerprint density at radius 2 is 2.00 bits per heavy atom. The summed E-state index contributed by atoms with van der Waals surface area (Å²) in [6, 6.07) is 8.62. The van der Waals surface area contributed by atoms with Crippen molar-refractivity contribution in [3.63, 3.8) is 0 Å². The maximum absolute atomic E-state index is 9.07. The number of nitrogens with two attached hydrogens (primary N) is 1. The largest absolute Gasteiger partial charge is 0.395 e. The van der Waals surface area contributed by atoms with Crippen LogP contribution in [0.1, 0.15) is 31.4 Å². The molecule has 0 radical (unpaired) electrons. The molecule has 1 saturated heterocycles. The monoisotopic (exact) mass is 277 g/mol. The zero-order valence-electron chi connectivity index (χ0n) is 12.5. The molecule has 0 spiro atoms. The summed E-state index contributed by atoms with van der Waals surface area (Å²) >= 11 is 0. The van der Waals surface area contributed by atoms with E-state index in [2.05, 4.69) is 41.0 Å². The van der Waals surface area contributed by atoms with Crippen molar-refractivity contribution in [2.75, 3.05) is 44.2 Å². The van der Waals surface area contributed by atoms with Gasteiger partial charge in [0.1, 0.15) is 0 Å². The summed E-state index contributed by atoms with van der Waals surface area (Å²) in [6.07, 6.45) is 2.09. The van der Waals surface area contributed by atoms with Crippen LogP contribution < -0.4 is 10.6 Å². The van der Waals surface area contributed by atoms with Crippen LogP contribution in [0.25, 0.3) is 0 Å². The summed E-state index contributed by atoms with van der Waals surface area (Å²) in [7, 11) is 0. The lowest BCUT2D eigenvalue weighted by atomic mass is 10.0. The molecule has 2 rings (SSSR count). The molecule has 0 saturated carbocycles. The summed E-state index contributed by atoms with van der Waals surface area (Å²) in [6.45, 7) is 7.31. The molecule has 20 heavy (non-hydrogen) atoms. The summed E-state index contributed by atoms with van der Waals surface area (Å²) in [5.41, 5.74) is 8.79. The number of anilines is 1. The fourth-order valence-corrected chi connectivity index (χ4v) is 2.89. The fourth-order valence-electron chi connectivity index (χ4n) is 2.89. The Hall–Kier alpha value is -1.10. The average molecular weight is 277 g/mol. The van der Waals surface area contributed by atoms with Crippen molar-refractivity contribution in [3.05, 3.63) is 29.8 Å². The third kappa shape index (κ3) is 3.72. The number of aliphatic hydroxyl groups excluding tert-OH is 1. The van der Waals surface area contributed by atoms with E-state index in [1.54, 1.807) is 0 Å². The number of aliphatic hydroxyl groups is 1. The Bertz CT molecular complexity index is 410. The van der Waals surface area contributed by atoms with Crippen molar-refractivity contribution in [1.82, 2.24) is 4.90 Å². The van der Waals surface area contributed by atoms with Crippen molar-refractivity contribution in [2.45, 2.75) is 25.8 Å². The molecule has 0 amide bonds. The van der Waals surface area contributed by atoms with E-state index in [1.807, 2.05) is 0 Å². The number of rotatable bonds is 5. The first-order chi connectivity index (χ1) is 9.76. The average Bonchev–Trinajstić information content (AvgIpc) is 2.72. The van der Waals surface area contributed by atoms with Gasteiger partial charge in [-0.05, 0) is 31.0 Å². The Kier molecular flexibility index (Phi) is 5.83. The van der Waals surface area contributed by atoms with Gasteiger partial charge < -0.3 is 15.7 Å². The third-order valence-electron chi connectivity index (χ3n) is 4.12. The molecule has 1 aromatic carbocycles. The maximum Gasteiger partial charge on any atom is 0.0558 e. The van der Waals surface area contributed by atoms with Gasteiger partial charge in [0, 0.05) is 37.9 Å². The summed E-state index contributed by atoms with van der Waals surface area (Å²) < 4.78 is 0. The number of benzene rings is 1. The van der Waals surface area contributed by atoms with Crippen LogP contribution in [-0.2, 0) is 0 Å². The molecule has 1 aliphatic rings. The van der Waals surface area contributed by atoms with E-state index in [4.69, 9.17) is 10.8 Å². The van der Waals surface area contributed by atoms with Crippen molar-refractivity contribution in [3.8, 4) is 0 Å². The lowest BCUT2D eigenvalue weighted by Crippen LogP contribution is -2.33. The number of hydrogen-bond acceptors (Lipinski definition) is 4. The summed E-state index contributed by atoms with van der Waals surface area (Å²) in [5.74, 6) is 0. The van der Waals surface area contributed by atoms with Gasteiger partial charge in [-0.15, -0.1) is 0 Å². The molecule has 1 aliphatic heterocycles. The highest BCUT2D eigenvalue weighted by atomic mass is 16.3. The Morgan fingerprint density at radius 1 is 1.20 bits per heavy atom. The van der Waals surface area contributed by atoms with Crippen LogP contribution in [0, 0.1) is 0 Å². The van der Waals surface area contributed by atoms with Crippen molar-refractivity contribution in [1.29, 1.82) is 0 Å². The van der Waals surface area contributed by atoms with Gasteiger partial charge in [0.2, 0.25) is 0 Å². The summed E-state index contributed by atoms with van der Waals surface area (Å²) in [4.78, 5) is 4.78. The second-order valence-electron chi connectivity index (χ2n) is 5.48. The van der Waals surface area contributed by atoms with Gasteiger partial charge in [-0.1, -0.05) is 25.1 Å². The second kappa shape index (κ2) is 7.62. The minimum absolute atomic E-state index is 0.114. The predicted octanol–water partition coefficient (Wildman–Crippen LogP) is 1.60. The second-order valence-corrected chi connectivity index (χ2v) is 5.48. The quantitative estimate of drug-likeness (QED) is 0.858. The lowest BCUT2D eigenvalue weighted by molar-refractivity contribution is 0.204. The smallest absolute Gasteiger partial charge is 0.0558 e. The Labute approximate surface area is 122 Å². The molecule has 0 aromatic heterocycles. The van der Waals surface area contributed by atoms with Gasteiger partial charge in [0.15, 0.2) is 0 Å². The normalized spacial score (nSPS) is 18.9. The van der Waals surface area contributed by atoms with Crippen LogP contribution in [0.2, 0.25) is 0 Å². The molecule has 1 fully saturated rings. The van der Waals surface area contributed by atoms with E-state index in [9.17, 15) is 0 Å². The number of para-hydroxylation sites is 1. The highest BCUT2D eigenvalue weighted by molar-refractivity contribution is 5.55. The zero-order valence-corrected chi connectivity index (χ0v) is 12.5. The molecule has 0 bridgehead atoms. The minimum atomic E-state index is 0.114. The fraction of sp³-hybridized carbons (Fsp3) is 0.625. The van der Waals surface area contributed by atoms with E-state index in [-0.39, 0.29) is 12.6 Å². The van der Waals surface area contributed by atoms with Crippen molar-refractivity contribution >= 4 is 5.69 Å². The van der Waals surface area contributed by atoms with E-state index in [0.717, 1.165) is 45.6 Å². The SMILES string of the molecule is CCC(N)c1ccccc1N1CCCN(CCO)CC1. The molecule has 3 N–H and O–H groups in total. The van der Waals surface area contributed by atoms with Gasteiger partial charge in [-0.25, -0.2) is 0 Å². The van der Waals surface area contributed by atoms with E-state index < -0.39 is 0 Å². The van der Waals surface area contributed by atoms with Crippen LogP contribution in [0.3, 0.4) is 0 Å². The Balaban J connectivity index is 2.11. The highest BCUT2D eigenvalue weighted by Gasteiger charge is 2.18. The minimum Gasteiger partial charge on any atom is -0.395 e. The van der Waals surface area contributed by atoms with Crippen LogP contribution in [0.4, 0.5) is 5.69 Å². The van der Waals surface area contributed by atoms with E-state index >= 15 is 0 Å². The number of β-amino-alcohol motifs (C(OH)–C–C–N with tert-alkyl or cyclic N) is 1. The molecule has 4 nitrogen and oxygen atoms in total. The van der Waals surface area contributed by atoms with Gasteiger partial charge in [-0.2, -0.15) is 0 Å². The van der Waals surface area contributed by atoms with Crippen LogP contribution >= 0.6 is 0 Å². The highest BCUT2D eigenvalue weighted by Crippen LogP contribution is 2.27. The topological polar surface area (TPSA) is 52.7 Å². The molecule has 1 aromatic rings. The number of nitrogens with zero attached hydrogens (tertiary/aromatic N) is 2. The molecule has 112 valence electrons. The standard InChI is InChI=1S/C16H27N3O/c1-2-15(17)14-6-3-4-7-16(14)19-9-5-8-18(10-11-19)12-13-20/h3-4,6-7,15,20H,2,5,8-13,17H2,1H3. The van der Waals surface area contributed by atoms with Crippen LogP contribution in [0.15, 0.2) is 24.3 Å². The third-order valence-corrected chi connectivity index (χ3v) is 4.12. The molecule has 1 unspecified atom stereocenters. The molecular weight excluding hydrogens is 250 g/mol. The molecule has 0 aliphatic carbocycles. The van der Waals surface area contributed by atoms with Crippen molar-refractivity contribution < 1.29 is 5.11 Å². The first kappa shape index (κ1) is 15.3. The molecule has 1 heterocycles. The number of hydrogen-bond donors (Lipinski definition) is 2. The molecule has 4 heteroatoms.